The van der Waals surface area contributed by atoms with Gasteiger partial charge in [-0.05, 0) is 221 Å². The van der Waals surface area contributed by atoms with Gasteiger partial charge in [-0.25, -0.2) is 0 Å². The minimum Gasteiger partial charge on any atom is -0.312 e. The monoisotopic (exact) mass is 1690 g/mol. The number of nitriles is 4. The van der Waals surface area contributed by atoms with Crippen LogP contribution in [0, 0.1) is 52.2 Å². The van der Waals surface area contributed by atoms with Crippen molar-refractivity contribution in [2.24, 2.45) is 0 Å². The number of fused-ring (bicyclic) bond motifs is 30. The summed E-state index contributed by atoms with van der Waals surface area (Å²) in [5.41, 5.74) is 31.3. The fourth-order valence-electron chi connectivity index (χ4n) is 23.9. The molecule has 0 unspecified atom stereocenters. The van der Waals surface area contributed by atoms with Crippen LogP contribution in [-0.2, 0) is 10.8 Å². The molecule has 0 amide bonds. The Labute approximate surface area is 764 Å². The molecule has 0 aliphatic heterocycles. The van der Waals surface area contributed by atoms with Crippen LogP contribution in [-0.4, -0.2) is 27.4 Å². The van der Waals surface area contributed by atoms with Crippen molar-refractivity contribution < 1.29 is 0 Å². The molecule has 0 radical (unpaired) electrons. The zero-order valence-corrected chi connectivity index (χ0v) is 73.2. The Morgan fingerprint density at radius 2 is 0.639 bits per heavy atom. The minimum absolute atomic E-state index is 0.257. The summed E-state index contributed by atoms with van der Waals surface area (Å²) in [4.78, 5) is 0. The fourth-order valence-corrected chi connectivity index (χ4v) is 23.9. The normalized spacial score (nSPS) is 13.1. The molecule has 10 nitrogen and oxygen atoms in total. The van der Waals surface area contributed by atoms with Gasteiger partial charge >= 0.3 is 0 Å². The zero-order valence-electron chi connectivity index (χ0n) is 73.2. The standard InChI is InChI=1S/C123H76N10/c1-7-71-26-14-18-34-83(71)114-70(2)128(108-58-78(67-125)109(59-77(108)66-124)131-105-53-43-74-29-17-21-37-86(74)117(105)98-63-101-94(64-113(98)131)87-38-22-24-40-99(87)122(101,3)4)112-65-95-93-56-75(42-51-100(93)123(5,6)102(95)62-97(112)114)76-46-52-104-96(57-76)90-48-50-92-116-85-36-20-16-28-73(85)45-55-107(116)133(121(92)119(90)130(104)82-32-12-9-13-33-82)111-61-79(68-126)110(60-80(111)69-127)132-106-54-44-72-27-15-19-35-84(72)115(106)91-49-47-89-88-39-23-25-41-103(88)129(118(89)120(91)132)81-30-10-8-11-31-81/h7-65H,1H2,2-6H3. The van der Waals surface area contributed by atoms with E-state index in [1.54, 1.807) is 0 Å². The molecule has 2 aliphatic rings. The van der Waals surface area contributed by atoms with Gasteiger partial charge in [0.25, 0.3) is 0 Å². The third kappa shape index (κ3) is 10.1. The quantitative estimate of drug-likeness (QED) is 0.143. The van der Waals surface area contributed by atoms with Gasteiger partial charge in [0.1, 0.15) is 24.3 Å². The van der Waals surface area contributed by atoms with Gasteiger partial charge in [-0.2, -0.15) is 21.0 Å². The lowest BCUT2D eigenvalue weighted by Crippen LogP contribution is -2.14. The van der Waals surface area contributed by atoms with E-state index in [1.807, 2.05) is 30.3 Å². The number of benzene rings is 19. The van der Waals surface area contributed by atoms with E-state index in [4.69, 9.17) is 0 Å². The van der Waals surface area contributed by atoms with E-state index < -0.39 is 5.41 Å². The van der Waals surface area contributed by atoms with E-state index in [2.05, 4.69) is 420 Å². The maximum Gasteiger partial charge on any atom is 0.101 e. The Hall–Kier alpha value is -17.8. The Kier molecular flexibility index (Phi) is 15.5. The molecular weight excluding hydrogens is 1620 g/mol. The Morgan fingerprint density at radius 1 is 0.256 bits per heavy atom. The molecule has 0 bridgehead atoms. The van der Waals surface area contributed by atoms with Crippen molar-refractivity contribution in [1.82, 2.24) is 27.4 Å². The van der Waals surface area contributed by atoms with Gasteiger partial charge < -0.3 is 27.4 Å². The van der Waals surface area contributed by atoms with Crippen LogP contribution in [0.3, 0.4) is 0 Å². The van der Waals surface area contributed by atoms with Gasteiger partial charge in [0.15, 0.2) is 0 Å². The summed E-state index contributed by atoms with van der Waals surface area (Å²) in [6.45, 7) is 15.8. The Bertz CT molecular complexity index is 9860. The summed E-state index contributed by atoms with van der Waals surface area (Å²) < 4.78 is 13.8. The molecule has 0 saturated carbocycles. The third-order valence-electron chi connectivity index (χ3n) is 29.8. The predicted molar refractivity (Wildman–Crippen MR) is 547 cm³/mol. The molecule has 27 rings (SSSR count). The molecule has 618 valence electrons. The van der Waals surface area contributed by atoms with Crippen LogP contribution in [0.2, 0.25) is 0 Å². The number of hydrogen-bond donors (Lipinski definition) is 0. The zero-order chi connectivity index (χ0) is 89.0. The first-order chi connectivity index (χ1) is 65.2. The van der Waals surface area contributed by atoms with Crippen molar-refractivity contribution in [3.8, 4) is 103 Å². The van der Waals surface area contributed by atoms with Gasteiger partial charge in [0, 0.05) is 92.7 Å². The molecule has 6 aromatic heterocycles. The molecule has 0 atom stereocenters. The van der Waals surface area contributed by atoms with Crippen LogP contribution in [0.4, 0.5) is 0 Å². The van der Waals surface area contributed by atoms with E-state index in [-0.39, 0.29) is 5.41 Å². The molecular formula is C123H76N10. The first-order valence-corrected chi connectivity index (χ1v) is 45.3. The van der Waals surface area contributed by atoms with Gasteiger partial charge in [-0.15, -0.1) is 0 Å². The summed E-state index contributed by atoms with van der Waals surface area (Å²) in [6, 6.07) is 137. The van der Waals surface area contributed by atoms with Crippen molar-refractivity contribution in [2.45, 2.75) is 45.4 Å². The highest BCUT2D eigenvalue weighted by Crippen LogP contribution is 2.57. The predicted octanol–water partition coefficient (Wildman–Crippen LogP) is 31.0. The highest BCUT2D eigenvalue weighted by Gasteiger charge is 2.40. The second-order valence-electron chi connectivity index (χ2n) is 37.0. The topological polar surface area (TPSA) is 125 Å². The molecule has 19 aromatic carbocycles. The van der Waals surface area contributed by atoms with Gasteiger partial charge in [0.2, 0.25) is 0 Å². The number of rotatable bonds is 9. The first kappa shape index (κ1) is 75.4. The van der Waals surface area contributed by atoms with Crippen molar-refractivity contribution in [2.75, 3.05) is 0 Å². The van der Waals surface area contributed by atoms with Crippen LogP contribution in [0.15, 0.2) is 358 Å². The molecule has 133 heavy (non-hydrogen) atoms. The van der Waals surface area contributed by atoms with Crippen LogP contribution < -0.4 is 0 Å². The van der Waals surface area contributed by atoms with Crippen LogP contribution >= 0.6 is 0 Å². The van der Waals surface area contributed by atoms with Crippen LogP contribution in [0.5, 0.6) is 0 Å². The van der Waals surface area contributed by atoms with E-state index in [9.17, 15) is 21.0 Å². The van der Waals surface area contributed by atoms with Gasteiger partial charge in [0.05, 0.1) is 106 Å². The second-order valence-corrected chi connectivity index (χ2v) is 37.0. The van der Waals surface area contributed by atoms with Crippen molar-refractivity contribution in [1.29, 1.82) is 21.0 Å². The molecule has 0 N–H and O–H groups in total. The number of nitrogens with zero attached hydrogens (tertiary/aromatic N) is 10. The number of hydrogen-bond acceptors (Lipinski definition) is 4. The molecule has 0 fully saturated rings. The maximum absolute atomic E-state index is 12.3. The summed E-state index contributed by atoms with van der Waals surface area (Å²) in [7, 11) is 0. The number of aromatic nitrogens is 6. The Morgan fingerprint density at radius 3 is 1.19 bits per heavy atom. The van der Waals surface area contributed by atoms with Gasteiger partial charge in [-0.1, -0.05) is 277 Å². The number of para-hydroxylation sites is 3. The molecule has 25 aromatic rings. The molecule has 10 heteroatoms. The van der Waals surface area contributed by atoms with Crippen molar-refractivity contribution in [3.05, 3.63) is 414 Å². The summed E-state index contributed by atoms with van der Waals surface area (Å²) in [5, 5.41) is 66.5. The summed E-state index contributed by atoms with van der Waals surface area (Å²) in [5.74, 6) is 0. The van der Waals surface area contributed by atoms with E-state index >= 15 is 0 Å². The van der Waals surface area contributed by atoms with Gasteiger partial charge in [-0.3, -0.25) is 0 Å². The lowest BCUT2D eigenvalue weighted by atomic mass is 9.81. The molecule has 6 heterocycles. The lowest BCUT2D eigenvalue weighted by molar-refractivity contribution is 0.661. The fraction of sp³-hybridized carbons (Fsp3) is 0.0569. The minimum atomic E-state index is -0.457. The lowest BCUT2D eigenvalue weighted by Gasteiger charge is -2.22. The van der Waals surface area contributed by atoms with Crippen LogP contribution in [0.25, 0.3) is 237 Å². The molecule has 0 spiro atoms. The van der Waals surface area contributed by atoms with E-state index in [0.29, 0.717) is 45.0 Å². The maximum atomic E-state index is 12.3. The largest absolute Gasteiger partial charge is 0.312 e. The average Bonchev–Trinajstić information content (AvgIpc) is 1.55. The molecule has 0 saturated heterocycles. The SMILES string of the molecule is C=Cc1ccccc1-c1c(C)n(-c2cc(C#N)c(-n3c4cc5c(cc4c4c6ccccc6ccc43)C(C)(C)c3ccccc3-5)cc2C#N)c2cc3c(cc12)C(C)(C)c1ccc(-c2ccc4c(c2)c2ccc5c6c7ccccc7ccc6n(-c6cc(C#N)c(-n7c8ccc9ccccc9c8c8ccc9c%10ccccc%10n(-c%10ccccc%10)c9c87)cc6C#N)c5c2n4-c2ccccc2)cc1-3. The summed E-state index contributed by atoms with van der Waals surface area (Å²) in [6.07, 6.45) is 1.92. The third-order valence-corrected chi connectivity index (χ3v) is 29.8. The Balaban J connectivity index is 0.660. The van der Waals surface area contributed by atoms with Crippen molar-refractivity contribution in [3.63, 3.8) is 0 Å². The van der Waals surface area contributed by atoms with E-state index in [1.165, 1.54) is 33.4 Å². The highest BCUT2D eigenvalue weighted by atomic mass is 15.1. The average molecular weight is 1690 g/mol. The summed E-state index contributed by atoms with van der Waals surface area (Å²) >= 11 is 0. The second kappa shape index (κ2) is 27.4. The molecule has 2 aliphatic carbocycles. The van der Waals surface area contributed by atoms with Crippen molar-refractivity contribution >= 4 is 158 Å². The van der Waals surface area contributed by atoms with E-state index in [0.717, 1.165) is 208 Å². The smallest absolute Gasteiger partial charge is 0.101 e. The first-order valence-electron chi connectivity index (χ1n) is 45.3. The highest BCUT2D eigenvalue weighted by molar-refractivity contribution is 6.31. The van der Waals surface area contributed by atoms with Crippen LogP contribution in [0.1, 0.15) is 83.5 Å².